The van der Waals surface area contributed by atoms with E-state index in [9.17, 15) is 4.79 Å². The van der Waals surface area contributed by atoms with Gasteiger partial charge in [0.15, 0.2) is 0 Å². The number of benzene rings is 1. The van der Waals surface area contributed by atoms with Gasteiger partial charge in [-0.3, -0.25) is 4.79 Å². The van der Waals surface area contributed by atoms with E-state index in [2.05, 4.69) is 23.6 Å². The van der Waals surface area contributed by atoms with E-state index in [1.165, 1.54) is 5.56 Å². The second-order valence-corrected chi connectivity index (χ2v) is 5.67. The van der Waals surface area contributed by atoms with Crippen LogP contribution in [0.1, 0.15) is 12.5 Å². The van der Waals surface area contributed by atoms with Crippen molar-refractivity contribution in [3.05, 3.63) is 29.8 Å². The fraction of sp³-hybridized carbons (Fsp3) is 0.500. The largest absolute Gasteiger partial charge is 0.325 e. The number of rotatable bonds is 6. The fourth-order valence-corrected chi connectivity index (χ4v) is 2.80. The molecule has 1 saturated heterocycles. The van der Waals surface area contributed by atoms with Gasteiger partial charge in [0.05, 0.1) is 5.75 Å². The van der Waals surface area contributed by atoms with Gasteiger partial charge in [-0.05, 0) is 48.9 Å². The number of carbonyl (C=O) groups excluding carboxylic acids is 1. The molecule has 0 radical (unpaired) electrons. The maximum Gasteiger partial charge on any atom is 0.234 e. The molecule has 3 nitrogen and oxygen atoms in total. The van der Waals surface area contributed by atoms with Crippen molar-refractivity contribution in [2.75, 3.05) is 29.9 Å². The third-order valence-electron chi connectivity index (χ3n) is 3.07. The molecule has 1 aliphatic heterocycles. The van der Waals surface area contributed by atoms with Crippen molar-refractivity contribution in [3.63, 3.8) is 0 Å². The number of hydrogen-bond donors (Lipinski definition) is 2. The molecule has 0 aromatic heterocycles. The number of thioether (sulfide) groups is 1. The third kappa shape index (κ3) is 4.03. The second-order valence-electron chi connectivity index (χ2n) is 4.64. The first kappa shape index (κ1) is 13.4. The number of nitrogens with one attached hydrogen (secondary N) is 2. The van der Waals surface area contributed by atoms with E-state index in [0.29, 0.717) is 5.75 Å². The molecule has 1 amide bonds. The summed E-state index contributed by atoms with van der Waals surface area (Å²) in [5.74, 6) is 2.48. The van der Waals surface area contributed by atoms with E-state index in [0.717, 1.165) is 36.9 Å². The monoisotopic (exact) mass is 264 g/mol. The molecule has 2 rings (SSSR count). The van der Waals surface area contributed by atoms with Crippen molar-refractivity contribution in [2.24, 2.45) is 5.92 Å². The molecule has 98 valence electrons. The van der Waals surface area contributed by atoms with Gasteiger partial charge in [0.1, 0.15) is 0 Å². The van der Waals surface area contributed by atoms with Crippen molar-refractivity contribution in [3.8, 4) is 0 Å². The summed E-state index contributed by atoms with van der Waals surface area (Å²) in [6.45, 7) is 4.32. The summed E-state index contributed by atoms with van der Waals surface area (Å²) in [6.07, 6.45) is 0.993. The quantitative estimate of drug-likeness (QED) is 0.827. The minimum absolute atomic E-state index is 0.0977. The highest BCUT2D eigenvalue weighted by Gasteiger charge is 2.16. The number of carbonyl (C=O) groups is 1. The van der Waals surface area contributed by atoms with Crippen molar-refractivity contribution >= 4 is 23.4 Å². The topological polar surface area (TPSA) is 41.1 Å². The molecule has 1 aliphatic rings. The highest BCUT2D eigenvalue weighted by molar-refractivity contribution is 7.99. The Labute approximate surface area is 113 Å². The van der Waals surface area contributed by atoms with Crippen LogP contribution in [-0.4, -0.2) is 30.5 Å². The molecule has 2 N–H and O–H groups in total. The average molecular weight is 264 g/mol. The Bertz CT molecular complexity index is 405. The lowest BCUT2D eigenvalue weighted by atomic mass is 10.1. The van der Waals surface area contributed by atoms with Gasteiger partial charge in [-0.15, -0.1) is 0 Å². The van der Waals surface area contributed by atoms with Crippen molar-refractivity contribution in [2.45, 2.75) is 13.3 Å². The summed E-state index contributed by atoms with van der Waals surface area (Å²) in [4.78, 5) is 11.8. The van der Waals surface area contributed by atoms with Crippen LogP contribution in [0.25, 0.3) is 0 Å². The van der Waals surface area contributed by atoms with Crippen LogP contribution < -0.4 is 10.6 Å². The van der Waals surface area contributed by atoms with E-state index in [4.69, 9.17) is 0 Å². The summed E-state index contributed by atoms with van der Waals surface area (Å²) >= 11 is 1.72. The van der Waals surface area contributed by atoms with E-state index < -0.39 is 0 Å². The highest BCUT2D eigenvalue weighted by atomic mass is 32.2. The van der Waals surface area contributed by atoms with Gasteiger partial charge in [-0.1, -0.05) is 19.1 Å². The number of hydrogen-bond acceptors (Lipinski definition) is 3. The molecular weight excluding hydrogens is 244 g/mol. The molecular formula is C14H20N2OS. The summed E-state index contributed by atoms with van der Waals surface area (Å²) in [7, 11) is 0. The van der Waals surface area contributed by atoms with Crippen LogP contribution in [-0.2, 0) is 11.2 Å². The lowest BCUT2D eigenvalue weighted by molar-refractivity contribution is -0.113. The Morgan fingerprint density at radius 1 is 1.50 bits per heavy atom. The van der Waals surface area contributed by atoms with Crippen molar-refractivity contribution < 1.29 is 4.79 Å². The second kappa shape index (κ2) is 6.81. The zero-order chi connectivity index (χ0) is 12.8. The Hall–Kier alpha value is -1.00. The molecule has 0 aliphatic carbocycles. The van der Waals surface area contributed by atoms with E-state index >= 15 is 0 Å². The normalized spacial score (nSPS) is 15.2. The van der Waals surface area contributed by atoms with Crippen LogP contribution in [0.5, 0.6) is 0 Å². The van der Waals surface area contributed by atoms with Gasteiger partial charge in [0, 0.05) is 5.69 Å². The van der Waals surface area contributed by atoms with Gasteiger partial charge < -0.3 is 10.6 Å². The van der Waals surface area contributed by atoms with Crippen LogP contribution in [0, 0.1) is 5.92 Å². The third-order valence-corrected chi connectivity index (χ3v) is 4.25. The first-order valence-electron chi connectivity index (χ1n) is 6.45. The maximum atomic E-state index is 11.8. The van der Waals surface area contributed by atoms with Crippen LogP contribution in [0.2, 0.25) is 0 Å². The molecule has 0 bridgehead atoms. The van der Waals surface area contributed by atoms with Gasteiger partial charge >= 0.3 is 0 Å². The van der Waals surface area contributed by atoms with Crippen molar-refractivity contribution in [1.82, 2.24) is 5.32 Å². The summed E-state index contributed by atoms with van der Waals surface area (Å²) in [5.41, 5.74) is 2.16. The molecule has 1 aromatic rings. The fourth-order valence-electron chi connectivity index (χ4n) is 1.85. The lowest BCUT2D eigenvalue weighted by Gasteiger charge is -2.26. The molecule has 1 fully saturated rings. The minimum atomic E-state index is 0.0977. The Morgan fingerprint density at radius 3 is 3.00 bits per heavy atom. The van der Waals surface area contributed by atoms with E-state index in [1.54, 1.807) is 11.8 Å². The van der Waals surface area contributed by atoms with Gasteiger partial charge in [0.2, 0.25) is 5.91 Å². The molecule has 18 heavy (non-hydrogen) atoms. The number of aryl methyl sites for hydroxylation is 1. The lowest BCUT2D eigenvalue weighted by Crippen LogP contribution is -2.43. The first-order chi connectivity index (χ1) is 8.78. The van der Waals surface area contributed by atoms with Crippen LogP contribution in [0.3, 0.4) is 0 Å². The molecule has 0 spiro atoms. The molecule has 4 heteroatoms. The maximum absolute atomic E-state index is 11.8. The number of amides is 1. The molecule has 0 unspecified atom stereocenters. The number of anilines is 1. The standard InChI is InChI=1S/C14H20N2OS/c1-2-11-4-3-5-13(6-11)16-14(17)10-18-9-12-7-15-8-12/h3-6,12,15H,2,7-10H2,1H3,(H,16,17). The zero-order valence-corrected chi connectivity index (χ0v) is 11.6. The predicted molar refractivity (Wildman–Crippen MR) is 78.1 cm³/mol. The molecule has 0 saturated carbocycles. The first-order valence-corrected chi connectivity index (χ1v) is 7.60. The van der Waals surface area contributed by atoms with E-state index in [-0.39, 0.29) is 5.91 Å². The summed E-state index contributed by atoms with van der Waals surface area (Å²) in [5, 5.41) is 6.19. The minimum Gasteiger partial charge on any atom is -0.325 e. The summed E-state index contributed by atoms with van der Waals surface area (Å²) < 4.78 is 0. The Balaban J connectivity index is 1.71. The van der Waals surface area contributed by atoms with Gasteiger partial charge in [0.25, 0.3) is 0 Å². The van der Waals surface area contributed by atoms with Crippen molar-refractivity contribution in [1.29, 1.82) is 0 Å². The van der Waals surface area contributed by atoms with Crippen LogP contribution in [0.4, 0.5) is 5.69 Å². The SMILES string of the molecule is CCc1cccc(NC(=O)CSCC2CNC2)c1. The zero-order valence-electron chi connectivity index (χ0n) is 10.7. The Morgan fingerprint density at radius 2 is 2.33 bits per heavy atom. The molecule has 1 aromatic carbocycles. The van der Waals surface area contributed by atoms with Gasteiger partial charge in [-0.2, -0.15) is 11.8 Å². The molecule has 0 atom stereocenters. The highest BCUT2D eigenvalue weighted by Crippen LogP contribution is 2.14. The summed E-state index contributed by atoms with van der Waals surface area (Å²) in [6, 6.07) is 8.05. The van der Waals surface area contributed by atoms with Crippen LogP contribution in [0.15, 0.2) is 24.3 Å². The van der Waals surface area contributed by atoms with Gasteiger partial charge in [-0.25, -0.2) is 0 Å². The predicted octanol–water partition coefficient (Wildman–Crippen LogP) is 2.14. The Kier molecular flexibility index (Phi) is 5.08. The smallest absolute Gasteiger partial charge is 0.234 e. The molecule has 1 heterocycles. The average Bonchev–Trinajstić information content (AvgIpc) is 2.32. The van der Waals surface area contributed by atoms with E-state index in [1.807, 2.05) is 18.2 Å². The van der Waals surface area contributed by atoms with Crippen LogP contribution >= 0.6 is 11.8 Å².